The van der Waals surface area contributed by atoms with Gasteiger partial charge in [-0.2, -0.15) is 11.8 Å². The van der Waals surface area contributed by atoms with Crippen molar-refractivity contribution in [3.63, 3.8) is 0 Å². The Balaban J connectivity index is 2.24. The molecule has 0 nitrogen and oxygen atoms in total. The van der Waals surface area contributed by atoms with Gasteiger partial charge in [0.2, 0.25) is 0 Å². The summed E-state index contributed by atoms with van der Waals surface area (Å²) >= 11 is 2.14. The van der Waals surface area contributed by atoms with Crippen molar-refractivity contribution in [1.29, 1.82) is 0 Å². The predicted molar refractivity (Wildman–Crippen MR) is 44.2 cm³/mol. The molecular weight excluding hydrogens is 135 g/mol. The highest BCUT2D eigenvalue weighted by molar-refractivity contribution is 8.07. The second-order valence-corrected chi connectivity index (χ2v) is 6.95. The lowest BCUT2D eigenvalue weighted by atomic mass is 10.6. The van der Waals surface area contributed by atoms with Crippen LogP contribution in [0.5, 0.6) is 0 Å². The molecule has 1 aliphatic heterocycles. The Hall–Kier alpha value is 0.780. The van der Waals surface area contributed by atoms with Crippen molar-refractivity contribution < 1.29 is 0 Å². The Labute approximate surface area is 57.2 Å². The van der Waals surface area contributed by atoms with Gasteiger partial charge < -0.3 is 0 Å². The van der Waals surface area contributed by atoms with Gasteiger partial charge >= 0.3 is 0 Å². The van der Waals surface area contributed by atoms with Crippen LogP contribution < -0.4 is 0 Å². The smallest absolute Gasteiger partial charge is 0.0139 e. The van der Waals surface area contributed by atoms with Crippen LogP contribution in [0.25, 0.3) is 0 Å². The maximum Gasteiger partial charge on any atom is 0.0139 e. The summed E-state index contributed by atoms with van der Waals surface area (Å²) < 4.78 is 0. The van der Waals surface area contributed by atoms with Gasteiger partial charge in [-0.3, -0.25) is 0 Å². The summed E-state index contributed by atoms with van der Waals surface area (Å²) in [5.74, 6) is 1.43. The lowest BCUT2D eigenvalue weighted by Gasteiger charge is -2.11. The van der Waals surface area contributed by atoms with Crippen molar-refractivity contribution in [2.75, 3.05) is 17.4 Å². The molecule has 0 saturated carbocycles. The van der Waals surface area contributed by atoms with Crippen molar-refractivity contribution >= 4 is 19.7 Å². The van der Waals surface area contributed by atoms with Crippen LogP contribution >= 0.6 is 19.7 Å². The molecule has 1 atom stereocenters. The second-order valence-electron chi connectivity index (χ2n) is 2.44. The molecule has 1 rings (SSSR count). The molecule has 0 radical (unpaired) electrons. The molecule has 1 saturated heterocycles. The van der Waals surface area contributed by atoms with Gasteiger partial charge in [0.25, 0.3) is 0 Å². The summed E-state index contributed by atoms with van der Waals surface area (Å²) in [6.07, 6.45) is 1.53. The molecule has 0 aromatic carbocycles. The molecule has 1 unspecified atom stereocenters. The maximum absolute atomic E-state index is 2.36. The minimum Gasteiger partial charge on any atom is -0.157 e. The molecule has 1 aliphatic rings. The van der Waals surface area contributed by atoms with E-state index >= 15 is 0 Å². The fourth-order valence-corrected chi connectivity index (χ4v) is 5.97. The molecule has 0 spiro atoms. The van der Waals surface area contributed by atoms with E-state index in [1.807, 2.05) is 0 Å². The van der Waals surface area contributed by atoms with E-state index in [1.165, 1.54) is 17.4 Å². The third kappa shape index (κ3) is 1.63. The molecule has 0 amide bonds. The molecular formula is C6H13PS. The highest BCUT2D eigenvalue weighted by atomic mass is 32.2. The monoisotopic (exact) mass is 148 g/mol. The van der Waals surface area contributed by atoms with Crippen molar-refractivity contribution in [3.05, 3.63) is 0 Å². The SMILES string of the molecule is CC(C)P1CCSC1. The van der Waals surface area contributed by atoms with Gasteiger partial charge in [0.05, 0.1) is 0 Å². The Kier molecular flexibility index (Phi) is 2.65. The minimum absolute atomic E-state index is 0.459. The number of thioether (sulfide) groups is 1. The molecule has 0 aliphatic carbocycles. The highest BCUT2D eigenvalue weighted by Crippen LogP contribution is 2.49. The zero-order valence-electron chi connectivity index (χ0n) is 5.55. The van der Waals surface area contributed by atoms with E-state index < -0.39 is 0 Å². The second kappa shape index (κ2) is 3.08. The van der Waals surface area contributed by atoms with E-state index in [9.17, 15) is 0 Å². The van der Waals surface area contributed by atoms with Crippen LogP contribution in [0.15, 0.2) is 0 Å². The molecule has 1 heterocycles. The number of rotatable bonds is 1. The van der Waals surface area contributed by atoms with E-state index in [-0.39, 0.29) is 0 Å². The maximum atomic E-state index is 2.36. The molecule has 1 fully saturated rings. The summed E-state index contributed by atoms with van der Waals surface area (Å²) in [6.45, 7) is 4.72. The van der Waals surface area contributed by atoms with Crippen LogP contribution in [0, 0.1) is 0 Å². The first-order valence-corrected chi connectivity index (χ1v) is 6.06. The molecule has 48 valence electrons. The Bertz CT molecular complexity index is 66.9. The van der Waals surface area contributed by atoms with Gasteiger partial charge in [-0.15, -0.1) is 0 Å². The summed E-state index contributed by atoms with van der Waals surface area (Å²) in [7, 11) is 0.459. The third-order valence-corrected chi connectivity index (χ3v) is 6.62. The van der Waals surface area contributed by atoms with Crippen LogP contribution in [0.4, 0.5) is 0 Å². The quantitative estimate of drug-likeness (QED) is 0.515. The summed E-state index contributed by atoms with van der Waals surface area (Å²) in [6, 6.07) is 0. The summed E-state index contributed by atoms with van der Waals surface area (Å²) in [4.78, 5) is 0. The largest absolute Gasteiger partial charge is 0.157 e. The van der Waals surface area contributed by atoms with Crippen molar-refractivity contribution in [2.24, 2.45) is 0 Å². The third-order valence-electron chi connectivity index (χ3n) is 1.51. The first-order chi connectivity index (χ1) is 3.80. The highest BCUT2D eigenvalue weighted by Gasteiger charge is 2.16. The Morgan fingerprint density at radius 2 is 2.25 bits per heavy atom. The Morgan fingerprint density at radius 1 is 1.50 bits per heavy atom. The molecule has 0 aromatic heterocycles. The van der Waals surface area contributed by atoms with E-state index in [0.717, 1.165) is 5.66 Å². The van der Waals surface area contributed by atoms with E-state index in [1.54, 1.807) is 0 Å². The lowest BCUT2D eigenvalue weighted by molar-refractivity contribution is 1.09. The number of hydrogen-bond donors (Lipinski definition) is 0. The average Bonchev–Trinajstić information content (AvgIpc) is 2.12. The minimum atomic E-state index is 0.459. The fraction of sp³-hybridized carbons (Fsp3) is 1.00. The van der Waals surface area contributed by atoms with Gasteiger partial charge in [0.1, 0.15) is 0 Å². The predicted octanol–water partition coefficient (Wildman–Crippen LogP) is 2.58. The molecule has 2 heteroatoms. The van der Waals surface area contributed by atoms with E-state index in [4.69, 9.17) is 0 Å². The van der Waals surface area contributed by atoms with Crippen LogP contribution in [-0.2, 0) is 0 Å². The average molecular weight is 148 g/mol. The first-order valence-electron chi connectivity index (χ1n) is 3.12. The van der Waals surface area contributed by atoms with Gasteiger partial charge in [-0.05, 0) is 17.6 Å². The van der Waals surface area contributed by atoms with Crippen LogP contribution in [0.2, 0.25) is 0 Å². The van der Waals surface area contributed by atoms with Gasteiger partial charge in [0, 0.05) is 5.49 Å². The molecule has 8 heavy (non-hydrogen) atoms. The standard InChI is InChI=1S/C6H13PS/c1-6(2)7-3-4-8-5-7/h6H,3-5H2,1-2H3. The van der Waals surface area contributed by atoms with Crippen LogP contribution in [-0.4, -0.2) is 23.1 Å². The van der Waals surface area contributed by atoms with Crippen LogP contribution in [0.1, 0.15) is 13.8 Å². The zero-order chi connectivity index (χ0) is 5.98. The van der Waals surface area contributed by atoms with Crippen molar-refractivity contribution in [3.8, 4) is 0 Å². The van der Waals surface area contributed by atoms with E-state index in [2.05, 4.69) is 25.6 Å². The molecule has 0 N–H and O–H groups in total. The van der Waals surface area contributed by atoms with Crippen molar-refractivity contribution in [2.45, 2.75) is 19.5 Å². The van der Waals surface area contributed by atoms with Gasteiger partial charge in [-0.1, -0.05) is 21.8 Å². The van der Waals surface area contributed by atoms with Gasteiger partial charge in [0.15, 0.2) is 0 Å². The zero-order valence-corrected chi connectivity index (χ0v) is 7.27. The van der Waals surface area contributed by atoms with Crippen LogP contribution in [0.3, 0.4) is 0 Å². The fourth-order valence-electron chi connectivity index (χ4n) is 0.835. The topological polar surface area (TPSA) is 0 Å². The van der Waals surface area contributed by atoms with Crippen molar-refractivity contribution in [1.82, 2.24) is 0 Å². The Morgan fingerprint density at radius 3 is 2.50 bits per heavy atom. The normalized spacial score (nSPS) is 29.6. The van der Waals surface area contributed by atoms with Gasteiger partial charge in [-0.25, -0.2) is 0 Å². The molecule has 0 bridgehead atoms. The van der Waals surface area contributed by atoms with E-state index in [0.29, 0.717) is 7.92 Å². The first kappa shape index (κ1) is 6.89. The summed E-state index contributed by atoms with van der Waals surface area (Å²) in [5.41, 5.74) is 2.47. The number of hydrogen-bond acceptors (Lipinski definition) is 1. The lowest BCUT2D eigenvalue weighted by Crippen LogP contribution is -1.92. The summed E-state index contributed by atoms with van der Waals surface area (Å²) in [5, 5.41) is 0. The molecule has 0 aromatic rings.